The van der Waals surface area contributed by atoms with Crippen LogP contribution >= 0.6 is 22.6 Å². The summed E-state index contributed by atoms with van der Waals surface area (Å²) in [6.45, 7) is 0.0203. The van der Waals surface area contributed by atoms with Gasteiger partial charge in [0.15, 0.2) is 0 Å². The summed E-state index contributed by atoms with van der Waals surface area (Å²) in [5, 5.41) is 0. The van der Waals surface area contributed by atoms with Crippen LogP contribution in [0.4, 0.5) is 0 Å². The molecule has 62 valence electrons. The van der Waals surface area contributed by atoms with Crippen LogP contribution in [0.15, 0.2) is 18.2 Å². The van der Waals surface area contributed by atoms with Gasteiger partial charge in [0.1, 0.15) is 11.3 Å². The van der Waals surface area contributed by atoms with E-state index in [0.29, 0.717) is 11.3 Å². The number of cyclic esters (lactones) is 1. The van der Waals surface area contributed by atoms with Gasteiger partial charge in [0.05, 0.1) is 0 Å². The molecule has 1 aliphatic heterocycles. The highest BCUT2D eigenvalue weighted by Crippen LogP contribution is 2.24. The molecule has 0 amide bonds. The molecule has 0 N–H and O–H groups in total. The molecule has 0 fully saturated rings. The zero-order valence-electron chi connectivity index (χ0n) is 6.04. The van der Waals surface area contributed by atoms with E-state index in [4.69, 9.17) is 9.47 Å². The minimum absolute atomic E-state index is 0.0203. The maximum atomic E-state index is 11.1. The lowest BCUT2D eigenvalue weighted by atomic mass is 10.2. The molecule has 0 aliphatic carbocycles. The molecule has 0 atom stereocenters. The van der Waals surface area contributed by atoms with Gasteiger partial charge in [-0.25, -0.2) is 4.79 Å². The SMILES string of the molecule is O=C1OCOc2ccc(I)cc21. The van der Waals surface area contributed by atoms with Gasteiger partial charge in [0, 0.05) is 3.57 Å². The van der Waals surface area contributed by atoms with Crippen molar-refractivity contribution in [3.05, 3.63) is 27.3 Å². The van der Waals surface area contributed by atoms with E-state index in [9.17, 15) is 4.79 Å². The van der Waals surface area contributed by atoms with E-state index < -0.39 is 0 Å². The lowest BCUT2D eigenvalue weighted by Gasteiger charge is -2.16. The molecule has 0 spiro atoms. The van der Waals surface area contributed by atoms with Crippen LogP contribution in [-0.2, 0) is 4.74 Å². The summed E-state index contributed by atoms with van der Waals surface area (Å²) in [7, 11) is 0. The average Bonchev–Trinajstić information content (AvgIpc) is 2.07. The van der Waals surface area contributed by atoms with Crippen molar-refractivity contribution in [1.82, 2.24) is 0 Å². The molecule has 0 radical (unpaired) electrons. The third kappa shape index (κ3) is 1.26. The second-order valence-corrected chi connectivity index (χ2v) is 3.58. The molecule has 1 aromatic carbocycles. The first-order chi connectivity index (χ1) is 5.77. The number of hydrogen-bond acceptors (Lipinski definition) is 3. The Morgan fingerprint density at radius 2 is 2.17 bits per heavy atom. The number of halogens is 1. The summed E-state index contributed by atoms with van der Waals surface area (Å²) < 4.78 is 10.8. The van der Waals surface area contributed by atoms with Crippen LogP contribution in [-0.4, -0.2) is 12.8 Å². The first kappa shape index (κ1) is 7.85. The van der Waals surface area contributed by atoms with Gasteiger partial charge in [-0.1, -0.05) is 0 Å². The monoisotopic (exact) mass is 276 g/mol. The largest absolute Gasteiger partial charge is 0.456 e. The van der Waals surface area contributed by atoms with Crippen molar-refractivity contribution in [3.63, 3.8) is 0 Å². The molecular formula is C8H5IO3. The number of ether oxygens (including phenoxy) is 2. The molecule has 0 unspecified atom stereocenters. The molecule has 3 nitrogen and oxygen atoms in total. The van der Waals surface area contributed by atoms with E-state index in [1.54, 1.807) is 12.1 Å². The van der Waals surface area contributed by atoms with Crippen molar-refractivity contribution in [2.45, 2.75) is 0 Å². The number of rotatable bonds is 0. The summed E-state index contributed by atoms with van der Waals surface area (Å²) in [4.78, 5) is 11.1. The number of esters is 1. The standard InChI is InChI=1S/C8H5IO3/c9-5-1-2-7-6(3-5)8(10)12-4-11-7/h1-3H,4H2. The lowest BCUT2D eigenvalue weighted by Crippen LogP contribution is -2.18. The Hall–Kier alpha value is -0.780. The van der Waals surface area contributed by atoms with Crippen molar-refractivity contribution in [3.8, 4) is 5.75 Å². The van der Waals surface area contributed by atoms with E-state index in [2.05, 4.69) is 22.6 Å². The summed E-state index contributed by atoms with van der Waals surface area (Å²) in [5.74, 6) is 0.293. The van der Waals surface area contributed by atoms with Gasteiger partial charge < -0.3 is 9.47 Å². The van der Waals surface area contributed by atoms with E-state index in [0.717, 1.165) is 3.57 Å². The smallest absolute Gasteiger partial charge is 0.344 e. The Balaban J connectivity index is 2.54. The molecule has 0 saturated heterocycles. The van der Waals surface area contributed by atoms with Crippen molar-refractivity contribution < 1.29 is 14.3 Å². The van der Waals surface area contributed by atoms with Crippen LogP contribution in [0.5, 0.6) is 5.75 Å². The predicted molar refractivity (Wildman–Crippen MR) is 50.1 cm³/mol. The van der Waals surface area contributed by atoms with Crippen LogP contribution in [0, 0.1) is 3.57 Å². The van der Waals surface area contributed by atoms with E-state index in [1.807, 2.05) is 6.07 Å². The van der Waals surface area contributed by atoms with Gasteiger partial charge in [0.2, 0.25) is 6.79 Å². The van der Waals surface area contributed by atoms with Crippen LogP contribution < -0.4 is 4.74 Å². The maximum Gasteiger partial charge on any atom is 0.344 e. The summed E-state index contributed by atoms with van der Waals surface area (Å²) >= 11 is 2.13. The van der Waals surface area contributed by atoms with Crippen LogP contribution in [0.2, 0.25) is 0 Å². The van der Waals surface area contributed by atoms with Crippen molar-refractivity contribution >= 4 is 28.6 Å². The van der Waals surface area contributed by atoms with Crippen molar-refractivity contribution in [2.75, 3.05) is 6.79 Å². The normalized spacial score (nSPS) is 14.6. The zero-order chi connectivity index (χ0) is 8.55. The molecule has 2 rings (SSSR count). The Morgan fingerprint density at radius 1 is 1.33 bits per heavy atom. The quantitative estimate of drug-likeness (QED) is 0.535. The fourth-order valence-corrected chi connectivity index (χ4v) is 1.50. The zero-order valence-corrected chi connectivity index (χ0v) is 8.20. The second-order valence-electron chi connectivity index (χ2n) is 2.33. The van der Waals surface area contributed by atoms with Gasteiger partial charge in [-0.3, -0.25) is 0 Å². The van der Waals surface area contributed by atoms with Crippen molar-refractivity contribution in [2.24, 2.45) is 0 Å². The van der Waals surface area contributed by atoms with Gasteiger partial charge in [-0.05, 0) is 40.8 Å². The molecule has 0 bridgehead atoms. The van der Waals surface area contributed by atoms with E-state index >= 15 is 0 Å². The molecule has 0 saturated carbocycles. The number of fused-ring (bicyclic) bond motifs is 1. The summed E-state index contributed by atoms with van der Waals surface area (Å²) in [6.07, 6.45) is 0. The van der Waals surface area contributed by atoms with Gasteiger partial charge >= 0.3 is 5.97 Å². The first-order valence-corrected chi connectivity index (χ1v) is 4.45. The molecule has 12 heavy (non-hydrogen) atoms. The van der Waals surface area contributed by atoms with E-state index in [1.165, 1.54) is 0 Å². The molecular weight excluding hydrogens is 271 g/mol. The number of benzene rings is 1. The molecule has 1 aromatic rings. The fraction of sp³-hybridized carbons (Fsp3) is 0.125. The first-order valence-electron chi connectivity index (χ1n) is 3.37. The minimum Gasteiger partial charge on any atom is -0.456 e. The minimum atomic E-state index is -0.310. The molecule has 1 aliphatic rings. The van der Waals surface area contributed by atoms with Crippen LogP contribution in [0.3, 0.4) is 0 Å². The second kappa shape index (κ2) is 2.93. The predicted octanol–water partition coefficient (Wildman–Crippen LogP) is 1.80. The highest BCUT2D eigenvalue weighted by atomic mass is 127. The van der Waals surface area contributed by atoms with Gasteiger partial charge in [-0.2, -0.15) is 0 Å². The Kier molecular flexibility index (Phi) is 1.92. The number of carbonyl (C=O) groups excluding carboxylic acids is 1. The summed E-state index contributed by atoms with van der Waals surface area (Å²) in [5.41, 5.74) is 0.508. The maximum absolute atomic E-state index is 11.1. The van der Waals surface area contributed by atoms with Gasteiger partial charge in [-0.15, -0.1) is 0 Å². The average molecular weight is 276 g/mol. The lowest BCUT2D eigenvalue weighted by molar-refractivity contribution is 0.00489. The van der Waals surface area contributed by atoms with Crippen LogP contribution in [0.25, 0.3) is 0 Å². The third-order valence-electron chi connectivity index (χ3n) is 1.57. The summed E-state index contributed by atoms with van der Waals surface area (Å²) in [6, 6.07) is 5.41. The Morgan fingerprint density at radius 3 is 3.00 bits per heavy atom. The fourth-order valence-electron chi connectivity index (χ4n) is 1.01. The molecule has 1 heterocycles. The Bertz CT molecular complexity index is 335. The van der Waals surface area contributed by atoms with Crippen molar-refractivity contribution in [1.29, 1.82) is 0 Å². The highest BCUT2D eigenvalue weighted by molar-refractivity contribution is 14.1. The van der Waals surface area contributed by atoms with Gasteiger partial charge in [0.25, 0.3) is 0 Å². The van der Waals surface area contributed by atoms with Crippen LogP contribution in [0.1, 0.15) is 10.4 Å². The number of hydrogen-bond donors (Lipinski definition) is 0. The van der Waals surface area contributed by atoms with E-state index in [-0.39, 0.29) is 12.8 Å². The molecule has 0 aromatic heterocycles. The number of carbonyl (C=O) groups is 1. The third-order valence-corrected chi connectivity index (χ3v) is 2.24. The molecule has 4 heteroatoms. The Labute approximate surface area is 82.8 Å². The topological polar surface area (TPSA) is 35.5 Å². The highest BCUT2D eigenvalue weighted by Gasteiger charge is 2.19.